The van der Waals surface area contributed by atoms with Crippen molar-refractivity contribution in [2.24, 2.45) is 0 Å². The van der Waals surface area contributed by atoms with E-state index in [9.17, 15) is 9.59 Å². The van der Waals surface area contributed by atoms with Crippen LogP contribution in [0, 0.1) is 0 Å². The van der Waals surface area contributed by atoms with Crippen molar-refractivity contribution in [2.75, 3.05) is 0 Å². The Labute approximate surface area is 140 Å². The smallest absolute Gasteiger partial charge is 0.222 e. The third-order valence-corrected chi connectivity index (χ3v) is 3.58. The number of halogens is 1. The summed E-state index contributed by atoms with van der Waals surface area (Å²) in [7, 11) is 0. The van der Waals surface area contributed by atoms with Gasteiger partial charge in [-0.15, -0.1) is 0 Å². The molecule has 0 aliphatic carbocycles. The first-order chi connectivity index (χ1) is 11.0. The molecule has 0 aromatic heterocycles. The topological polar surface area (TPSA) is 58.2 Å². The van der Waals surface area contributed by atoms with Gasteiger partial charge in [0.05, 0.1) is 12.5 Å². The summed E-state index contributed by atoms with van der Waals surface area (Å²) in [6.45, 7) is 1.85. The minimum atomic E-state index is -0.340. The number of rotatable bonds is 6. The van der Waals surface area contributed by atoms with Crippen LogP contribution in [0.4, 0.5) is 0 Å². The third-order valence-electron chi connectivity index (χ3n) is 3.35. The van der Waals surface area contributed by atoms with E-state index in [1.54, 1.807) is 6.07 Å². The fraction of sp³-hybridized carbons (Fsp3) is 0.222. The summed E-state index contributed by atoms with van der Waals surface area (Å²) in [6, 6.07) is 16.4. The van der Waals surface area contributed by atoms with Gasteiger partial charge in [-0.1, -0.05) is 54.1 Å². The molecule has 4 nitrogen and oxygen atoms in total. The summed E-state index contributed by atoms with van der Waals surface area (Å²) in [6.07, 6.45) is 0.185. The average Bonchev–Trinajstić information content (AvgIpc) is 2.53. The number of carbonyl (C=O) groups is 2. The molecular weight excluding hydrogens is 312 g/mol. The van der Waals surface area contributed by atoms with E-state index in [4.69, 9.17) is 11.6 Å². The Morgan fingerprint density at radius 2 is 1.83 bits per heavy atom. The molecule has 2 N–H and O–H groups in total. The quantitative estimate of drug-likeness (QED) is 0.854. The van der Waals surface area contributed by atoms with Gasteiger partial charge >= 0.3 is 0 Å². The van der Waals surface area contributed by atoms with Crippen LogP contribution in [0.3, 0.4) is 0 Å². The predicted molar refractivity (Wildman–Crippen MR) is 90.9 cm³/mol. The van der Waals surface area contributed by atoms with E-state index in [0.29, 0.717) is 11.6 Å². The minimum absolute atomic E-state index is 0.132. The van der Waals surface area contributed by atoms with Crippen molar-refractivity contribution in [3.05, 3.63) is 70.7 Å². The van der Waals surface area contributed by atoms with Crippen molar-refractivity contribution in [3.63, 3.8) is 0 Å². The van der Waals surface area contributed by atoms with E-state index >= 15 is 0 Å². The van der Waals surface area contributed by atoms with E-state index < -0.39 is 0 Å². The molecule has 2 aromatic carbocycles. The van der Waals surface area contributed by atoms with Crippen LogP contribution in [0.5, 0.6) is 0 Å². The lowest BCUT2D eigenvalue weighted by molar-refractivity contribution is -0.122. The van der Waals surface area contributed by atoms with Gasteiger partial charge in [0, 0.05) is 18.5 Å². The Morgan fingerprint density at radius 3 is 2.48 bits per heavy atom. The van der Waals surface area contributed by atoms with Crippen LogP contribution >= 0.6 is 11.6 Å². The second kappa shape index (κ2) is 8.34. The van der Waals surface area contributed by atoms with Gasteiger partial charge in [0.2, 0.25) is 11.8 Å². The highest BCUT2D eigenvalue weighted by molar-refractivity contribution is 6.30. The Balaban J connectivity index is 1.96. The molecular formula is C18H19ClN2O2. The van der Waals surface area contributed by atoms with Crippen LogP contribution in [0.2, 0.25) is 5.02 Å². The zero-order valence-electron chi connectivity index (χ0n) is 12.9. The van der Waals surface area contributed by atoms with Crippen molar-refractivity contribution < 1.29 is 9.59 Å². The molecule has 0 unspecified atom stereocenters. The number of nitrogens with one attached hydrogen (secondary N) is 2. The normalized spacial score (nSPS) is 11.6. The fourth-order valence-corrected chi connectivity index (χ4v) is 2.50. The molecule has 0 aliphatic heterocycles. The average molecular weight is 331 g/mol. The largest absolute Gasteiger partial charge is 0.352 e. The molecule has 2 amide bonds. The molecule has 23 heavy (non-hydrogen) atoms. The molecule has 1 atom stereocenters. The Hall–Kier alpha value is -2.33. The van der Waals surface area contributed by atoms with E-state index in [1.165, 1.54) is 6.92 Å². The highest BCUT2D eigenvalue weighted by Crippen LogP contribution is 2.16. The lowest BCUT2D eigenvalue weighted by Gasteiger charge is -2.18. The molecule has 5 heteroatoms. The molecule has 0 radical (unpaired) electrons. The van der Waals surface area contributed by atoms with Gasteiger partial charge in [-0.25, -0.2) is 0 Å². The fourth-order valence-electron chi connectivity index (χ4n) is 2.29. The van der Waals surface area contributed by atoms with Gasteiger partial charge in [-0.05, 0) is 23.3 Å². The second-order valence-corrected chi connectivity index (χ2v) is 5.71. The van der Waals surface area contributed by atoms with Gasteiger partial charge < -0.3 is 10.6 Å². The maximum Gasteiger partial charge on any atom is 0.222 e. The molecule has 2 rings (SSSR count). The highest BCUT2D eigenvalue weighted by atomic mass is 35.5. The van der Waals surface area contributed by atoms with Gasteiger partial charge in [-0.2, -0.15) is 0 Å². The van der Waals surface area contributed by atoms with Crippen molar-refractivity contribution in [1.29, 1.82) is 0 Å². The van der Waals surface area contributed by atoms with Gasteiger partial charge in [-0.3, -0.25) is 9.59 Å². The Morgan fingerprint density at radius 1 is 1.09 bits per heavy atom. The summed E-state index contributed by atoms with van der Waals surface area (Å²) in [4.78, 5) is 23.5. The lowest BCUT2D eigenvalue weighted by atomic mass is 10.0. The first-order valence-electron chi connectivity index (χ1n) is 7.38. The summed E-state index contributed by atoms with van der Waals surface area (Å²) >= 11 is 5.92. The van der Waals surface area contributed by atoms with Crippen LogP contribution in [0.1, 0.15) is 30.5 Å². The van der Waals surface area contributed by atoms with E-state index in [2.05, 4.69) is 10.6 Å². The van der Waals surface area contributed by atoms with Crippen LogP contribution in [0.15, 0.2) is 54.6 Å². The van der Waals surface area contributed by atoms with Crippen LogP contribution in [-0.4, -0.2) is 11.8 Å². The molecule has 0 spiro atoms. The van der Waals surface area contributed by atoms with Crippen molar-refractivity contribution in [1.82, 2.24) is 10.6 Å². The van der Waals surface area contributed by atoms with Crippen molar-refractivity contribution in [3.8, 4) is 0 Å². The summed E-state index contributed by atoms with van der Waals surface area (Å²) in [5, 5.41) is 6.30. The van der Waals surface area contributed by atoms with Crippen molar-refractivity contribution in [2.45, 2.75) is 25.9 Å². The third kappa shape index (κ3) is 5.75. The SMILES string of the molecule is CC(=O)N[C@H](CC(=O)NCc1cccc(Cl)c1)c1ccccc1. The van der Waals surface area contributed by atoms with Gasteiger partial charge in [0.25, 0.3) is 0 Å². The Kier molecular flexibility index (Phi) is 6.18. The first-order valence-corrected chi connectivity index (χ1v) is 7.75. The zero-order chi connectivity index (χ0) is 16.7. The molecule has 0 heterocycles. The maximum atomic E-state index is 12.2. The predicted octanol–water partition coefficient (Wildman–Crippen LogP) is 3.22. The molecule has 2 aromatic rings. The minimum Gasteiger partial charge on any atom is -0.352 e. The number of hydrogen-bond donors (Lipinski definition) is 2. The van der Waals surface area contributed by atoms with Crippen LogP contribution in [-0.2, 0) is 16.1 Å². The number of carbonyl (C=O) groups excluding carboxylic acids is 2. The molecule has 0 saturated carbocycles. The molecule has 120 valence electrons. The summed E-state index contributed by atoms with van der Waals surface area (Å²) < 4.78 is 0. The number of benzene rings is 2. The summed E-state index contributed by atoms with van der Waals surface area (Å²) in [5.41, 5.74) is 1.84. The van der Waals surface area contributed by atoms with Crippen LogP contribution < -0.4 is 10.6 Å². The van der Waals surface area contributed by atoms with E-state index in [-0.39, 0.29) is 24.3 Å². The standard InChI is InChI=1S/C18H19ClN2O2/c1-13(22)21-17(15-7-3-2-4-8-15)11-18(23)20-12-14-6-5-9-16(19)10-14/h2-10,17H,11-12H2,1H3,(H,20,23)(H,21,22)/t17-/m1/s1. The Bertz CT molecular complexity index is 674. The second-order valence-electron chi connectivity index (χ2n) is 5.27. The first kappa shape index (κ1) is 17.0. The van der Waals surface area contributed by atoms with Gasteiger partial charge in [0.15, 0.2) is 0 Å². The van der Waals surface area contributed by atoms with Gasteiger partial charge in [0.1, 0.15) is 0 Å². The monoisotopic (exact) mass is 330 g/mol. The highest BCUT2D eigenvalue weighted by Gasteiger charge is 2.16. The summed E-state index contributed by atoms with van der Waals surface area (Å²) in [5.74, 6) is -0.297. The maximum absolute atomic E-state index is 12.2. The molecule has 0 aliphatic rings. The molecule has 0 fully saturated rings. The number of hydrogen-bond acceptors (Lipinski definition) is 2. The lowest BCUT2D eigenvalue weighted by Crippen LogP contribution is -2.32. The zero-order valence-corrected chi connectivity index (χ0v) is 13.6. The van der Waals surface area contributed by atoms with E-state index in [0.717, 1.165) is 11.1 Å². The van der Waals surface area contributed by atoms with Crippen LogP contribution in [0.25, 0.3) is 0 Å². The number of amides is 2. The van der Waals surface area contributed by atoms with E-state index in [1.807, 2.05) is 48.5 Å². The van der Waals surface area contributed by atoms with Crippen molar-refractivity contribution >= 4 is 23.4 Å². The molecule has 0 bridgehead atoms. The molecule has 0 saturated heterocycles.